The van der Waals surface area contributed by atoms with Crippen LogP contribution in [0, 0.1) is 6.92 Å². The zero-order chi connectivity index (χ0) is 20.7. The van der Waals surface area contributed by atoms with E-state index in [-0.39, 0.29) is 6.10 Å². The molecule has 30 heavy (non-hydrogen) atoms. The maximum atomic E-state index is 6.04. The van der Waals surface area contributed by atoms with E-state index in [1.807, 2.05) is 45.2 Å². The van der Waals surface area contributed by atoms with Gasteiger partial charge in [0, 0.05) is 12.7 Å². The van der Waals surface area contributed by atoms with Crippen molar-refractivity contribution in [2.24, 2.45) is 7.05 Å². The highest BCUT2D eigenvalue weighted by Crippen LogP contribution is 2.29. The molecule has 0 saturated heterocycles. The van der Waals surface area contributed by atoms with Crippen LogP contribution in [0.25, 0.3) is 34.6 Å². The minimum atomic E-state index is -0.210. The highest BCUT2D eigenvalue weighted by atomic mass is 16.5. The number of nitrogens with one attached hydrogen (secondary N) is 1. The number of ether oxygens (including phenoxy) is 2. The monoisotopic (exact) mass is 403 g/mol. The summed E-state index contributed by atoms with van der Waals surface area (Å²) in [6.07, 6.45) is 7.06. The van der Waals surface area contributed by atoms with E-state index in [1.165, 1.54) is 0 Å². The van der Waals surface area contributed by atoms with E-state index in [0.717, 1.165) is 33.7 Å². The molecule has 1 aliphatic rings. The molecule has 1 atom stereocenters. The number of hydrogen-bond donors (Lipinski definition) is 1. The Labute approximate surface area is 172 Å². The van der Waals surface area contributed by atoms with E-state index >= 15 is 0 Å². The summed E-state index contributed by atoms with van der Waals surface area (Å²) in [6.45, 7) is 4.76. The molecule has 0 radical (unpaired) electrons. The lowest BCUT2D eigenvalue weighted by molar-refractivity contribution is 0.0396. The molecule has 9 heteroatoms. The summed E-state index contributed by atoms with van der Waals surface area (Å²) in [6, 6.07) is 3.85. The number of aryl methyl sites for hydroxylation is 2. The smallest absolute Gasteiger partial charge is 0.163 e. The topological polar surface area (TPSA) is 104 Å². The van der Waals surface area contributed by atoms with Crippen LogP contribution in [0.2, 0.25) is 0 Å². The van der Waals surface area contributed by atoms with Gasteiger partial charge < -0.3 is 9.47 Å². The molecule has 0 saturated carbocycles. The second-order valence-corrected chi connectivity index (χ2v) is 7.16. The number of hydrogen-bond acceptors (Lipinski definition) is 7. The Morgan fingerprint density at radius 3 is 2.87 bits per heavy atom. The maximum absolute atomic E-state index is 6.04. The van der Waals surface area contributed by atoms with Gasteiger partial charge in [-0.3, -0.25) is 9.78 Å². The molecule has 5 rings (SSSR count). The first-order valence-corrected chi connectivity index (χ1v) is 9.73. The number of H-pyrrole nitrogens is 1. The third kappa shape index (κ3) is 3.22. The average Bonchev–Trinajstić information content (AvgIpc) is 3.32. The lowest BCUT2D eigenvalue weighted by Crippen LogP contribution is -2.13. The van der Waals surface area contributed by atoms with Crippen LogP contribution in [0.5, 0.6) is 5.75 Å². The molecule has 5 heterocycles. The molecule has 4 aromatic heterocycles. The Balaban J connectivity index is 1.68. The number of aromatic nitrogens is 7. The Bertz CT molecular complexity index is 1260. The summed E-state index contributed by atoms with van der Waals surface area (Å²) >= 11 is 0. The van der Waals surface area contributed by atoms with Crippen LogP contribution in [-0.2, 0) is 11.8 Å². The molecule has 4 aromatic rings. The molecule has 1 N–H and O–H groups in total. The summed E-state index contributed by atoms with van der Waals surface area (Å²) < 4.78 is 13.8. The molecule has 9 nitrogen and oxygen atoms in total. The Morgan fingerprint density at radius 1 is 1.10 bits per heavy atom. The van der Waals surface area contributed by atoms with Gasteiger partial charge in [-0.15, -0.1) is 0 Å². The van der Waals surface area contributed by atoms with Gasteiger partial charge in [0.25, 0.3) is 0 Å². The van der Waals surface area contributed by atoms with Crippen molar-refractivity contribution in [3.05, 3.63) is 47.3 Å². The fraction of sp³-hybridized carbons (Fsp3) is 0.286. The van der Waals surface area contributed by atoms with Crippen LogP contribution in [-0.4, -0.2) is 48.1 Å². The predicted octanol–water partition coefficient (Wildman–Crippen LogP) is 3.10. The van der Waals surface area contributed by atoms with Crippen molar-refractivity contribution in [2.75, 3.05) is 13.2 Å². The van der Waals surface area contributed by atoms with Gasteiger partial charge in [-0.2, -0.15) is 10.2 Å². The zero-order valence-electron chi connectivity index (χ0n) is 17.0. The summed E-state index contributed by atoms with van der Waals surface area (Å²) in [5.74, 6) is 1.27. The lowest BCUT2D eigenvalue weighted by atomic mass is 10.1. The van der Waals surface area contributed by atoms with Crippen LogP contribution in [0.15, 0.2) is 24.5 Å². The van der Waals surface area contributed by atoms with Gasteiger partial charge in [-0.05, 0) is 38.1 Å². The first kappa shape index (κ1) is 18.4. The quantitative estimate of drug-likeness (QED) is 0.481. The van der Waals surface area contributed by atoms with Crippen molar-refractivity contribution in [1.29, 1.82) is 0 Å². The van der Waals surface area contributed by atoms with Gasteiger partial charge in [-0.1, -0.05) is 0 Å². The highest BCUT2D eigenvalue weighted by Gasteiger charge is 2.21. The van der Waals surface area contributed by atoms with Crippen molar-refractivity contribution in [1.82, 2.24) is 34.9 Å². The van der Waals surface area contributed by atoms with Gasteiger partial charge in [0.15, 0.2) is 5.82 Å². The normalized spacial score (nSPS) is 17.6. The first-order valence-electron chi connectivity index (χ1n) is 9.73. The largest absolute Gasteiger partial charge is 0.489 e. The zero-order valence-corrected chi connectivity index (χ0v) is 17.0. The summed E-state index contributed by atoms with van der Waals surface area (Å²) in [5.41, 5.74) is 5.56. The van der Waals surface area contributed by atoms with Crippen molar-refractivity contribution in [3.8, 4) is 17.1 Å². The van der Waals surface area contributed by atoms with E-state index in [4.69, 9.17) is 14.5 Å². The van der Waals surface area contributed by atoms with Gasteiger partial charge in [-0.25, -0.2) is 15.0 Å². The second kappa shape index (κ2) is 7.34. The van der Waals surface area contributed by atoms with Crippen LogP contribution >= 0.6 is 0 Å². The van der Waals surface area contributed by atoms with Gasteiger partial charge >= 0.3 is 0 Å². The van der Waals surface area contributed by atoms with Crippen LogP contribution in [0.1, 0.15) is 35.8 Å². The molecule has 2 bridgehead atoms. The fourth-order valence-electron chi connectivity index (χ4n) is 3.60. The first-order chi connectivity index (χ1) is 14.6. The predicted molar refractivity (Wildman–Crippen MR) is 112 cm³/mol. The molecule has 0 aliphatic carbocycles. The van der Waals surface area contributed by atoms with Crippen molar-refractivity contribution in [3.63, 3.8) is 0 Å². The number of pyridine rings is 1. The minimum Gasteiger partial charge on any atom is -0.489 e. The average molecular weight is 403 g/mol. The summed E-state index contributed by atoms with van der Waals surface area (Å²) in [4.78, 5) is 13.9. The van der Waals surface area contributed by atoms with Crippen LogP contribution in [0.4, 0.5) is 0 Å². The molecular formula is C21H21N7O2. The summed E-state index contributed by atoms with van der Waals surface area (Å²) in [7, 11) is 1.89. The standard InChI is InChI=1S/C21H21N7O2/c1-12-4-7-18-15(24-12)5-6-16-19-17(27-26-16)11-22-21(25-19)14-10-23-28(3)20(14)13(2)29-8-9-30-18/h4-7,10-11,13H,8-9H2,1-3H3,(H,26,27)/b6-5+. The highest BCUT2D eigenvalue weighted by molar-refractivity contribution is 5.87. The summed E-state index contributed by atoms with van der Waals surface area (Å²) in [5, 5.41) is 11.8. The molecule has 0 aromatic carbocycles. The Morgan fingerprint density at radius 2 is 1.97 bits per heavy atom. The number of rotatable bonds is 0. The fourth-order valence-corrected chi connectivity index (χ4v) is 3.60. The van der Waals surface area contributed by atoms with Gasteiger partial charge in [0.2, 0.25) is 0 Å². The third-order valence-electron chi connectivity index (χ3n) is 5.07. The molecular weight excluding hydrogens is 382 g/mol. The molecule has 0 amide bonds. The molecule has 0 spiro atoms. The number of aromatic amines is 1. The lowest BCUT2D eigenvalue weighted by Gasteiger charge is -2.16. The molecule has 1 unspecified atom stereocenters. The number of fused-ring (bicyclic) bond motifs is 4. The van der Waals surface area contributed by atoms with E-state index < -0.39 is 0 Å². The molecule has 152 valence electrons. The van der Waals surface area contributed by atoms with Gasteiger partial charge in [0.1, 0.15) is 34.8 Å². The van der Waals surface area contributed by atoms with Crippen molar-refractivity contribution in [2.45, 2.75) is 20.0 Å². The van der Waals surface area contributed by atoms with Crippen molar-refractivity contribution >= 4 is 23.2 Å². The number of nitrogens with zero attached hydrogens (tertiary/aromatic N) is 6. The van der Waals surface area contributed by atoms with Gasteiger partial charge in [0.05, 0.1) is 36.4 Å². The SMILES string of the molecule is Cc1ccc2c(n1)/C=C/c1n[nH]c3cnc(nc13)-c1cnn(C)c1C(C)OCCO2. The Hall–Kier alpha value is -3.59. The minimum absolute atomic E-state index is 0.210. The third-order valence-corrected chi connectivity index (χ3v) is 5.07. The molecule has 0 fully saturated rings. The van der Waals surface area contributed by atoms with E-state index in [1.54, 1.807) is 17.1 Å². The van der Waals surface area contributed by atoms with E-state index in [2.05, 4.69) is 25.3 Å². The maximum Gasteiger partial charge on any atom is 0.163 e. The van der Waals surface area contributed by atoms with Crippen LogP contribution < -0.4 is 4.74 Å². The van der Waals surface area contributed by atoms with Crippen LogP contribution in [0.3, 0.4) is 0 Å². The Kier molecular flexibility index (Phi) is 4.51. The van der Waals surface area contributed by atoms with Crippen molar-refractivity contribution < 1.29 is 9.47 Å². The van der Waals surface area contributed by atoms with E-state index in [0.29, 0.717) is 30.5 Å². The second-order valence-electron chi connectivity index (χ2n) is 7.16. The molecule has 1 aliphatic heterocycles. The van der Waals surface area contributed by atoms with E-state index in [9.17, 15) is 0 Å².